The second kappa shape index (κ2) is 8.29. The van der Waals surface area contributed by atoms with Crippen molar-refractivity contribution in [3.8, 4) is 5.75 Å². The predicted octanol–water partition coefficient (Wildman–Crippen LogP) is 5.69. The molecule has 0 saturated heterocycles. The lowest BCUT2D eigenvalue weighted by Gasteiger charge is -2.14. The second-order valence-electron chi connectivity index (χ2n) is 5.60. The first-order chi connectivity index (χ1) is 12.5. The van der Waals surface area contributed by atoms with Crippen molar-refractivity contribution in [3.05, 3.63) is 69.7 Å². The third-order valence-electron chi connectivity index (χ3n) is 3.77. The van der Waals surface area contributed by atoms with E-state index in [1.165, 1.54) is 23.9 Å². The number of rotatable bonds is 6. The van der Waals surface area contributed by atoms with E-state index < -0.39 is 0 Å². The quantitative estimate of drug-likeness (QED) is 0.488. The minimum Gasteiger partial charge on any atom is -0.483 e. The van der Waals surface area contributed by atoms with E-state index in [0.717, 1.165) is 10.7 Å². The molecule has 1 heterocycles. The minimum absolute atomic E-state index is 0.305. The van der Waals surface area contributed by atoms with Gasteiger partial charge in [-0.1, -0.05) is 41.0 Å². The maximum Gasteiger partial charge on any atom is 0.191 e. The molecule has 3 rings (SSSR count). The molecule has 0 amide bonds. The summed E-state index contributed by atoms with van der Waals surface area (Å²) in [5.74, 6) is 1.51. The molecule has 136 valence electrons. The molecule has 0 spiro atoms. The van der Waals surface area contributed by atoms with E-state index in [-0.39, 0.29) is 11.9 Å². The highest BCUT2D eigenvalue weighted by Crippen LogP contribution is 2.31. The molecule has 4 nitrogen and oxygen atoms in total. The fourth-order valence-corrected chi connectivity index (χ4v) is 4.04. The van der Waals surface area contributed by atoms with Crippen LogP contribution in [0.5, 0.6) is 5.75 Å². The van der Waals surface area contributed by atoms with E-state index in [9.17, 15) is 4.39 Å². The highest BCUT2D eigenvalue weighted by atomic mass is 35.5. The van der Waals surface area contributed by atoms with Crippen molar-refractivity contribution in [2.45, 2.75) is 23.9 Å². The van der Waals surface area contributed by atoms with E-state index >= 15 is 0 Å². The number of thioether (sulfide) groups is 1. The van der Waals surface area contributed by atoms with Crippen molar-refractivity contribution in [1.82, 2.24) is 14.8 Å². The summed E-state index contributed by atoms with van der Waals surface area (Å²) in [5, 5.41) is 10.4. The maximum absolute atomic E-state index is 13.0. The van der Waals surface area contributed by atoms with Gasteiger partial charge < -0.3 is 9.30 Å². The lowest BCUT2D eigenvalue weighted by Crippen LogP contribution is -2.10. The predicted molar refractivity (Wildman–Crippen MR) is 102 cm³/mol. The van der Waals surface area contributed by atoms with Crippen molar-refractivity contribution in [2.75, 3.05) is 0 Å². The van der Waals surface area contributed by atoms with Crippen LogP contribution >= 0.6 is 35.0 Å². The number of ether oxygens (including phenoxy) is 1. The number of hydrogen-bond donors (Lipinski definition) is 0. The van der Waals surface area contributed by atoms with Crippen LogP contribution < -0.4 is 4.74 Å². The van der Waals surface area contributed by atoms with Gasteiger partial charge in [-0.05, 0) is 48.9 Å². The summed E-state index contributed by atoms with van der Waals surface area (Å²) in [5.41, 5.74) is 0.862. The van der Waals surface area contributed by atoms with Crippen molar-refractivity contribution in [3.63, 3.8) is 0 Å². The Morgan fingerprint density at radius 3 is 2.42 bits per heavy atom. The average molecular weight is 412 g/mol. The zero-order valence-corrected chi connectivity index (χ0v) is 16.4. The molecule has 3 aromatic rings. The summed E-state index contributed by atoms with van der Waals surface area (Å²) < 4.78 is 20.7. The molecule has 0 bridgehead atoms. The highest BCUT2D eigenvalue weighted by molar-refractivity contribution is 7.98. The number of nitrogens with zero attached hydrogens (tertiary/aromatic N) is 3. The first kappa shape index (κ1) is 19.0. The van der Waals surface area contributed by atoms with Crippen LogP contribution in [0.4, 0.5) is 4.39 Å². The van der Waals surface area contributed by atoms with Gasteiger partial charge in [-0.3, -0.25) is 0 Å². The number of halogens is 3. The van der Waals surface area contributed by atoms with Gasteiger partial charge in [-0.2, -0.15) is 0 Å². The SMILES string of the molecule is CC(Oc1ccc(F)cc1)c1nnc(SCc2c(Cl)cccc2Cl)n1C. The molecule has 26 heavy (non-hydrogen) atoms. The number of aromatic nitrogens is 3. The number of hydrogen-bond acceptors (Lipinski definition) is 4. The lowest BCUT2D eigenvalue weighted by molar-refractivity contribution is 0.211. The monoisotopic (exact) mass is 411 g/mol. The Labute approximate surface area is 165 Å². The fourth-order valence-electron chi connectivity index (χ4n) is 2.38. The third kappa shape index (κ3) is 4.31. The molecule has 0 aliphatic rings. The molecule has 1 atom stereocenters. The summed E-state index contributed by atoms with van der Waals surface area (Å²) in [4.78, 5) is 0. The first-order valence-corrected chi connectivity index (χ1v) is 9.57. The Hall–Kier alpha value is -1.76. The van der Waals surface area contributed by atoms with Crippen molar-refractivity contribution >= 4 is 35.0 Å². The van der Waals surface area contributed by atoms with Crippen LogP contribution in [0.15, 0.2) is 47.6 Å². The van der Waals surface area contributed by atoms with Crippen molar-refractivity contribution in [2.24, 2.45) is 7.05 Å². The van der Waals surface area contributed by atoms with Crippen LogP contribution in [0.3, 0.4) is 0 Å². The highest BCUT2D eigenvalue weighted by Gasteiger charge is 2.18. The fraction of sp³-hybridized carbons (Fsp3) is 0.222. The normalized spacial score (nSPS) is 12.2. The van der Waals surface area contributed by atoms with E-state index in [1.54, 1.807) is 12.1 Å². The lowest BCUT2D eigenvalue weighted by atomic mass is 10.2. The Kier molecular flexibility index (Phi) is 6.06. The van der Waals surface area contributed by atoms with Crippen LogP contribution in [0.1, 0.15) is 24.4 Å². The van der Waals surface area contributed by atoms with Crippen LogP contribution in [0, 0.1) is 5.82 Å². The summed E-state index contributed by atoms with van der Waals surface area (Å²) in [6, 6.07) is 11.3. The molecule has 0 saturated carbocycles. The van der Waals surface area contributed by atoms with Gasteiger partial charge in [0.05, 0.1) is 0 Å². The van der Waals surface area contributed by atoms with Gasteiger partial charge in [0, 0.05) is 22.8 Å². The van der Waals surface area contributed by atoms with Gasteiger partial charge in [0.1, 0.15) is 11.6 Å². The van der Waals surface area contributed by atoms with Gasteiger partial charge in [0.2, 0.25) is 0 Å². The molecule has 2 aromatic carbocycles. The van der Waals surface area contributed by atoms with Crippen LogP contribution in [-0.2, 0) is 12.8 Å². The van der Waals surface area contributed by atoms with Gasteiger partial charge in [0.25, 0.3) is 0 Å². The largest absolute Gasteiger partial charge is 0.483 e. The molecule has 1 aromatic heterocycles. The summed E-state index contributed by atoms with van der Waals surface area (Å²) in [7, 11) is 1.87. The number of benzene rings is 2. The Bertz CT molecular complexity index is 882. The molecular weight excluding hydrogens is 396 g/mol. The van der Waals surface area contributed by atoms with Gasteiger partial charge >= 0.3 is 0 Å². The molecule has 1 unspecified atom stereocenters. The van der Waals surface area contributed by atoms with Gasteiger partial charge in [-0.15, -0.1) is 10.2 Å². The van der Waals surface area contributed by atoms with Crippen LogP contribution in [-0.4, -0.2) is 14.8 Å². The maximum atomic E-state index is 13.0. The standard InChI is InChI=1S/C18H16Cl2FN3OS/c1-11(25-13-8-6-12(21)7-9-13)17-22-23-18(24(17)2)26-10-14-15(19)4-3-5-16(14)20/h3-9,11H,10H2,1-2H3. The summed E-state index contributed by atoms with van der Waals surface area (Å²) in [6.45, 7) is 1.87. The molecule has 0 aliphatic carbocycles. The topological polar surface area (TPSA) is 39.9 Å². The second-order valence-corrected chi connectivity index (χ2v) is 7.36. The zero-order valence-electron chi connectivity index (χ0n) is 14.1. The van der Waals surface area contributed by atoms with E-state index in [2.05, 4.69) is 10.2 Å². The molecule has 0 radical (unpaired) electrons. The third-order valence-corrected chi connectivity index (χ3v) is 5.52. The van der Waals surface area contributed by atoms with Crippen molar-refractivity contribution < 1.29 is 9.13 Å². The first-order valence-electron chi connectivity index (χ1n) is 7.83. The molecule has 0 aliphatic heterocycles. The minimum atomic E-state index is -0.337. The van der Waals surface area contributed by atoms with Crippen LogP contribution in [0.2, 0.25) is 10.0 Å². The van der Waals surface area contributed by atoms with Crippen molar-refractivity contribution in [1.29, 1.82) is 0 Å². The van der Waals surface area contributed by atoms with E-state index in [0.29, 0.717) is 27.4 Å². The summed E-state index contributed by atoms with van der Waals surface area (Å²) >= 11 is 13.9. The van der Waals surface area contributed by atoms with E-state index in [4.69, 9.17) is 27.9 Å². The Morgan fingerprint density at radius 1 is 1.12 bits per heavy atom. The molecule has 0 fully saturated rings. The Morgan fingerprint density at radius 2 is 1.77 bits per heavy atom. The van der Waals surface area contributed by atoms with E-state index in [1.807, 2.05) is 36.7 Å². The zero-order chi connectivity index (χ0) is 18.7. The summed E-state index contributed by atoms with van der Waals surface area (Å²) in [6.07, 6.45) is -0.337. The van der Waals surface area contributed by atoms with Gasteiger partial charge in [0.15, 0.2) is 17.1 Å². The molecule has 8 heteroatoms. The smallest absolute Gasteiger partial charge is 0.191 e. The Balaban J connectivity index is 1.70. The van der Waals surface area contributed by atoms with Gasteiger partial charge in [-0.25, -0.2) is 4.39 Å². The molecule has 0 N–H and O–H groups in total. The average Bonchev–Trinajstić information content (AvgIpc) is 2.97. The van der Waals surface area contributed by atoms with Crippen LogP contribution in [0.25, 0.3) is 0 Å². The molecular formula is C18H16Cl2FN3OS.